The SMILES string of the molecule is COC(=O)C1CCC(NC(=O)c2cnc(COC3CCNCC3)s2)CC1. The molecular formula is C18H27N3O4S. The van der Waals surface area contributed by atoms with Crippen molar-refractivity contribution in [2.75, 3.05) is 20.2 Å². The molecule has 2 N–H and O–H groups in total. The Balaban J connectivity index is 1.42. The van der Waals surface area contributed by atoms with Gasteiger partial charge in [0, 0.05) is 6.04 Å². The number of methoxy groups -OCH3 is 1. The van der Waals surface area contributed by atoms with E-state index >= 15 is 0 Å². The molecule has 1 aromatic heterocycles. The second-order valence-electron chi connectivity index (χ2n) is 6.92. The summed E-state index contributed by atoms with van der Waals surface area (Å²) in [6.45, 7) is 2.45. The van der Waals surface area contributed by atoms with E-state index in [1.54, 1.807) is 6.20 Å². The van der Waals surface area contributed by atoms with Gasteiger partial charge in [0.2, 0.25) is 0 Å². The van der Waals surface area contributed by atoms with Gasteiger partial charge in [0.15, 0.2) is 0 Å². The predicted octanol–water partition coefficient (Wildman–Crippen LogP) is 1.87. The minimum atomic E-state index is -0.143. The molecule has 1 aliphatic carbocycles. The van der Waals surface area contributed by atoms with Crippen molar-refractivity contribution >= 4 is 23.2 Å². The highest BCUT2D eigenvalue weighted by Crippen LogP contribution is 2.26. The molecule has 0 aromatic carbocycles. The lowest BCUT2D eigenvalue weighted by molar-refractivity contribution is -0.146. The van der Waals surface area contributed by atoms with Crippen molar-refractivity contribution < 1.29 is 19.1 Å². The molecule has 1 amide bonds. The zero-order valence-corrected chi connectivity index (χ0v) is 16.0. The van der Waals surface area contributed by atoms with Gasteiger partial charge < -0.3 is 20.1 Å². The van der Waals surface area contributed by atoms with E-state index < -0.39 is 0 Å². The van der Waals surface area contributed by atoms with Crippen LogP contribution in [-0.2, 0) is 20.9 Å². The van der Waals surface area contributed by atoms with E-state index in [0.717, 1.165) is 56.6 Å². The van der Waals surface area contributed by atoms with Gasteiger partial charge in [-0.2, -0.15) is 0 Å². The van der Waals surface area contributed by atoms with Gasteiger partial charge in [0.1, 0.15) is 9.88 Å². The van der Waals surface area contributed by atoms with Gasteiger partial charge in [-0.15, -0.1) is 11.3 Å². The summed E-state index contributed by atoms with van der Waals surface area (Å²) in [5, 5.41) is 7.21. The highest BCUT2D eigenvalue weighted by atomic mass is 32.1. The predicted molar refractivity (Wildman–Crippen MR) is 98.0 cm³/mol. The molecule has 2 heterocycles. The second-order valence-corrected chi connectivity index (χ2v) is 8.04. The van der Waals surface area contributed by atoms with Gasteiger partial charge in [-0.05, 0) is 51.6 Å². The van der Waals surface area contributed by atoms with E-state index in [9.17, 15) is 9.59 Å². The number of carbonyl (C=O) groups is 2. The van der Waals surface area contributed by atoms with Crippen molar-refractivity contribution in [2.24, 2.45) is 5.92 Å². The fraction of sp³-hybridized carbons (Fsp3) is 0.722. The monoisotopic (exact) mass is 381 g/mol. The Morgan fingerprint density at radius 1 is 1.23 bits per heavy atom. The minimum Gasteiger partial charge on any atom is -0.469 e. The smallest absolute Gasteiger partial charge is 0.308 e. The number of carbonyl (C=O) groups excluding carboxylic acids is 2. The molecule has 0 atom stereocenters. The van der Waals surface area contributed by atoms with Gasteiger partial charge in [0.25, 0.3) is 5.91 Å². The number of ether oxygens (including phenoxy) is 2. The average Bonchev–Trinajstić information content (AvgIpc) is 3.16. The molecule has 0 unspecified atom stereocenters. The highest BCUT2D eigenvalue weighted by Gasteiger charge is 2.28. The number of nitrogens with zero attached hydrogens (tertiary/aromatic N) is 1. The number of amides is 1. The molecule has 3 rings (SSSR count). The Labute approximate surface area is 157 Å². The van der Waals surface area contributed by atoms with Crippen LogP contribution in [0.4, 0.5) is 0 Å². The molecule has 144 valence electrons. The molecular weight excluding hydrogens is 354 g/mol. The first-order valence-electron chi connectivity index (χ1n) is 9.31. The molecule has 1 aromatic rings. The largest absolute Gasteiger partial charge is 0.469 e. The van der Waals surface area contributed by atoms with E-state index in [-0.39, 0.29) is 29.9 Å². The highest BCUT2D eigenvalue weighted by molar-refractivity contribution is 7.13. The zero-order valence-electron chi connectivity index (χ0n) is 15.2. The summed E-state index contributed by atoms with van der Waals surface area (Å²) in [6.07, 6.45) is 7.07. The molecule has 2 fully saturated rings. The van der Waals surface area contributed by atoms with E-state index in [0.29, 0.717) is 11.5 Å². The normalized spacial score (nSPS) is 24.2. The van der Waals surface area contributed by atoms with E-state index in [4.69, 9.17) is 9.47 Å². The minimum absolute atomic E-state index is 0.0321. The molecule has 2 aliphatic rings. The molecule has 0 radical (unpaired) electrons. The molecule has 26 heavy (non-hydrogen) atoms. The van der Waals surface area contributed by atoms with Crippen molar-refractivity contribution in [1.29, 1.82) is 0 Å². The number of aromatic nitrogens is 1. The number of nitrogens with one attached hydrogen (secondary N) is 2. The molecule has 1 aliphatic heterocycles. The van der Waals surface area contributed by atoms with Crippen LogP contribution < -0.4 is 10.6 Å². The van der Waals surface area contributed by atoms with Crippen molar-refractivity contribution in [3.63, 3.8) is 0 Å². The van der Waals surface area contributed by atoms with Gasteiger partial charge >= 0.3 is 5.97 Å². The lowest BCUT2D eigenvalue weighted by Gasteiger charge is -2.27. The maximum absolute atomic E-state index is 12.4. The van der Waals surface area contributed by atoms with E-state index in [1.165, 1.54) is 18.4 Å². The van der Waals surface area contributed by atoms with Crippen LogP contribution in [0, 0.1) is 5.92 Å². The van der Waals surface area contributed by atoms with Crippen LogP contribution in [0.3, 0.4) is 0 Å². The third-order valence-corrected chi connectivity index (χ3v) is 6.07. The molecule has 7 nitrogen and oxygen atoms in total. The Hall–Kier alpha value is -1.51. The van der Waals surface area contributed by atoms with Crippen LogP contribution >= 0.6 is 11.3 Å². The summed E-state index contributed by atoms with van der Waals surface area (Å²) in [5.41, 5.74) is 0. The van der Waals surface area contributed by atoms with Crippen molar-refractivity contribution in [1.82, 2.24) is 15.6 Å². The molecule has 1 saturated carbocycles. The van der Waals surface area contributed by atoms with Crippen molar-refractivity contribution in [2.45, 2.75) is 57.3 Å². The number of hydrogen-bond acceptors (Lipinski definition) is 7. The Kier molecular flexibility index (Phi) is 6.99. The fourth-order valence-corrected chi connectivity index (χ4v) is 4.27. The number of esters is 1. The van der Waals surface area contributed by atoms with Crippen LogP contribution in [0.1, 0.15) is 53.2 Å². The van der Waals surface area contributed by atoms with Gasteiger partial charge in [-0.25, -0.2) is 4.98 Å². The van der Waals surface area contributed by atoms with Gasteiger partial charge in [-0.1, -0.05) is 0 Å². The molecule has 1 saturated heterocycles. The molecule has 0 spiro atoms. The molecule has 0 bridgehead atoms. The maximum Gasteiger partial charge on any atom is 0.308 e. The maximum atomic E-state index is 12.4. The second kappa shape index (κ2) is 9.43. The van der Waals surface area contributed by atoms with E-state index in [2.05, 4.69) is 15.6 Å². The first kappa shape index (κ1) is 19.3. The quantitative estimate of drug-likeness (QED) is 0.732. The number of hydrogen-bond donors (Lipinski definition) is 2. The van der Waals surface area contributed by atoms with Crippen molar-refractivity contribution in [3.8, 4) is 0 Å². The number of thiazole rings is 1. The standard InChI is InChI=1S/C18H27N3O4S/c1-24-18(23)12-2-4-13(5-3-12)21-17(22)15-10-20-16(26-15)11-25-14-6-8-19-9-7-14/h10,12-14,19H,2-9,11H2,1H3,(H,21,22). The lowest BCUT2D eigenvalue weighted by atomic mass is 9.86. The first-order chi connectivity index (χ1) is 12.7. The zero-order chi connectivity index (χ0) is 18.4. The molecule has 8 heteroatoms. The fourth-order valence-electron chi connectivity index (χ4n) is 3.53. The van der Waals surface area contributed by atoms with Crippen LogP contribution in [0.5, 0.6) is 0 Å². The summed E-state index contributed by atoms with van der Waals surface area (Å²) >= 11 is 1.39. The summed E-state index contributed by atoms with van der Waals surface area (Å²) in [7, 11) is 1.42. The summed E-state index contributed by atoms with van der Waals surface area (Å²) in [6, 6.07) is 0.111. The topological polar surface area (TPSA) is 89.5 Å². The summed E-state index contributed by atoms with van der Waals surface area (Å²) < 4.78 is 10.7. The third kappa shape index (κ3) is 5.25. The van der Waals surface area contributed by atoms with E-state index in [1.807, 2.05) is 0 Å². The van der Waals surface area contributed by atoms with Gasteiger partial charge in [-0.3, -0.25) is 9.59 Å². The Morgan fingerprint density at radius 2 is 1.96 bits per heavy atom. The number of piperidine rings is 1. The van der Waals surface area contributed by atoms with Crippen molar-refractivity contribution in [3.05, 3.63) is 16.1 Å². The summed E-state index contributed by atoms with van der Waals surface area (Å²) in [5.74, 6) is -0.261. The third-order valence-electron chi connectivity index (χ3n) is 5.10. The first-order valence-corrected chi connectivity index (χ1v) is 10.1. The van der Waals surface area contributed by atoms with Gasteiger partial charge in [0.05, 0.1) is 31.9 Å². The summed E-state index contributed by atoms with van der Waals surface area (Å²) in [4.78, 5) is 28.9. The van der Waals surface area contributed by atoms with Crippen LogP contribution in [0.15, 0.2) is 6.20 Å². The lowest BCUT2D eigenvalue weighted by Crippen LogP contribution is -2.38. The average molecular weight is 381 g/mol. The Bertz CT molecular complexity index is 607. The van der Waals surface area contributed by atoms with Crippen LogP contribution in [-0.4, -0.2) is 49.2 Å². The van der Waals surface area contributed by atoms with Crippen LogP contribution in [0.2, 0.25) is 0 Å². The number of rotatable bonds is 6. The van der Waals surface area contributed by atoms with Crippen LogP contribution in [0.25, 0.3) is 0 Å². The Morgan fingerprint density at radius 3 is 2.65 bits per heavy atom.